The molecule has 4 rings (SSSR count). The summed E-state index contributed by atoms with van der Waals surface area (Å²) in [7, 11) is 1.57. The molecule has 3 aliphatic rings. The quantitative estimate of drug-likeness (QED) is 0.815. The van der Waals surface area contributed by atoms with E-state index in [9.17, 15) is 9.59 Å². The summed E-state index contributed by atoms with van der Waals surface area (Å²) in [5, 5.41) is 2.76. The number of piperidine rings is 1. The molecule has 28 heavy (non-hydrogen) atoms. The molecule has 6 heteroatoms. The summed E-state index contributed by atoms with van der Waals surface area (Å²) in [6, 6.07) is 3.84. The van der Waals surface area contributed by atoms with Gasteiger partial charge in [-0.3, -0.25) is 9.59 Å². The first-order valence-electron chi connectivity index (χ1n) is 10.9. The second-order valence-electron chi connectivity index (χ2n) is 8.90. The maximum Gasteiger partial charge on any atom is 0.274 e. The van der Waals surface area contributed by atoms with Crippen LogP contribution in [0.3, 0.4) is 0 Å². The molecule has 1 aromatic heterocycles. The molecule has 2 fully saturated rings. The van der Waals surface area contributed by atoms with Crippen LogP contribution in [0, 0.1) is 11.8 Å². The van der Waals surface area contributed by atoms with Crippen LogP contribution >= 0.6 is 0 Å². The number of methoxy groups -OCH3 is 1. The minimum Gasteiger partial charge on any atom is -0.384 e. The first kappa shape index (κ1) is 19.6. The van der Waals surface area contributed by atoms with Crippen molar-refractivity contribution >= 4 is 11.6 Å². The number of ether oxygens (including phenoxy) is 1. The lowest BCUT2D eigenvalue weighted by atomic mass is 9.81. The van der Waals surface area contributed by atoms with Crippen molar-refractivity contribution in [2.45, 2.75) is 57.4 Å². The molecule has 154 valence electrons. The summed E-state index contributed by atoms with van der Waals surface area (Å²) >= 11 is 0. The van der Waals surface area contributed by atoms with Gasteiger partial charge < -0.3 is 19.5 Å². The predicted molar refractivity (Wildman–Crippen MR) is 110 cm³/mol. The zero-order chi connectivity index (χ0) is 19.5. The Balaban J connectivity index is 1.45. The van der Waals surface area contributed by atoms with Crippen LogP contribution in [0.4, 0.5) is 5.69 Å². The van der Waals surface area contributed by atoms with Crippen molar-refractivity contribution in [2.24, 2.45) is 11.8 Å². The Kier molecular flexibility index (Phi) is 6.16. The van der Waals surface area contributed by atoms with Crippen molar-refractivity contribution in [1.29, 1.82) is 0 Å². The molecule has 2 bridgehead atoms. The number of carbonyl (C=O) groups is 1. The van der Waals surface area contributed by atoms with Gasteiger partial charge in [-0.15, -0.1) is 0 Å². The summed E-state index contributed by atoms with van der Waals surface area (Å²) in [5.74, 6) is 1.66. The molecule has 1 N–H and O–H groups in total. The van der Waals surface area contributed by atoms with Gasteiger partial charge in [0.05, 0.1) is 13.0 Å². The fraction of sp³-hybridized carbons (Fsp3) is 0.727. The standard InChI is InChI=1S/C22H33N3O3/c1-28-10-9-21(26)23-19-7-8-20-18-11-17(14-25(20)22(19)27)13-24(15-18)12-16-5-3-2-4-6-16/h7-8,16-18H,2-6,9-15H2,1H3,(H,23,26). The molecule has 1 aromatic rings. The summed E-state index contributed by atoms with van der Waals surface area (Å²) in [6.45, 7) is 4.52. The number of hydrogen-bond donors (Lipinski definition) is 1. The summed E-state index contributed by atoms with van der Waals surface area (Å²) in [5.41, 5.74) is 1.48. The van der Waals surface area contributed by atoms with Crippen LogP contribution in [-0.4, -0.2) is 48.7 Å². The van der Waals surface area contributed by atoms with Gasteiger partial charge >= 0.3 is 0 Å². The van der Waals surface area contributed by atoms with Crippen LogP contribution in [0.15, 0.2) is 16.9 Å². The number of anilines is 1. The average molecular weight is 388 g/mol. The lowest BCUT2D eigenvalue weighted by Crippen LogP contribution is -2.48. The van der Waals surface area contributed by atoms with Crippen LogP contribution in [0.2, 0.25) is 0 Å². The van der Waals surface area contributed by atoms with Gasteiger partial charge in [-0.25, -0.2) is 0 Å². The van der Waals surface area contributed by atoms with E-state index in [1.165, 1.54) is 45.1 Å². The molecule has 1 aliphatic carbocycles. The second-order valence-corrected chi connectivity index (χ2v) is 8.90. The van der Waals surface area contributed by atoms with E-state index in [2.05, 4.69) is 16.3 Å². The van der Waals surface area contributed by atoms with Crippen molar-refractivity contribution in [3.63, 3.8) is 0 Å². The molecular formula is C22H33N3O3. The number of pyridine rings is 1. The number of likely N-dealkylation sites (tertiary alicyclic amines) is 1. The first-order chi connectivity index (χ1) is 13.6. The lowest BCUT2D eigenvalue weighted by molar-refractivity contribution is -0.117. The molecular weight excluding hydrogens is 354 g/mol. The minimum absolute atomic E-state index is 0.0568. The zero-order valence-electron chi connectivity index (χ0n) is 17.0. The van der Waals surface area contributed by atoms with Gasteiger partial charge in [0.1, 0.15) is 5.69 Å². The summed E-state index contributed by atoms with van der Waals surface area (Å²) in [4.78, 5) is 27.6. The highest BCUT2D eigenvalue weighted by atomic mass is 16.5. The Labute approximate surface area is 167 Å². The zero-order valence-corrected chi connectivity index (χ0v) is 17.0. The van der Waals surface area contributed by atoms with Gasteiger partial charge in [-0.2, -0.15) is 0 Å². The number of nitrogens with one attached hydrogen (secondary N) is 1. The van der Waals surface area contributed by atoms with Gasteiger partial charge in [0.15, 0.2) is 0 Å². The van der Waals surface area contributed by atoms with Crippen molar-refractivity contribution in [3.8, 4) is 0 Å². The van der Waals surface area contributed by atoms with Crippen molar-refractivity contribution in [3.05, 3.63) is 28.2 Å². The Morgan fingerprint density at radius 2 is 2.00 bits per heavy atom. The molecule has 2 aliphatic heterocycles. The Morgan fingerprint density at radius 1 is 1.18 bits per heavy atom. The van der Waals surface area contributed by atoms with E-state index in [-0.39, 0.29) is 17.9 Å². The van der Waals surface area contributed by atoms with E-state index in [0.29, 0.717) is 24.1 Å². The smallest absolute Gasteiger partial charge is 0.274 e. The molecule has 3 heterocycles. The van der Waals surface area contributed by atoms with E-state index in [4.69, 9.17) is 4.74 Å². The number of aromatic nitrogens is 1. The Hall–Kier alpha value is -1.66. The third kappa shape index (κ3) is 4.33. The summed E-state index contributed by atoms with van der Waals surface area (Å²) in [6.07, 6.45) is 8.40. The molecule has 2 unspecified atom stereocenters. The first-order valence-corrected chi connectivity index (χ1v) is 10.9. The van der Waals surface area contributed by atoms with Gasteiger partial charge in [-0.1, -0.05) is 19.3 Å². The number of rotatable bonds is 6. The van der Waals surface area contributed by atoms with Gasteiger partial charge in [0.25, 0.3) is 5.56 Å². The normalized spacial score (nSPS) is 25.3. The second kappa shape index (κ2) is 8.78. The van der Waals surface area contributed by atoms with E-state index in [1.54, 1.807) is 13.2 Å². The maximum atomic E-state index is 13.0. The number of carbonyl (C=O) groups excluding carboxylic acids is 1. The molecule has 1 saturated heterocycles. The number of hydrogen-bond acceptors (Lipinski definition) is 4. The topological polar surface area (TPSA) is 63.6 Å². The molecule has 0 radical (unpaired) electrons. The Bertz CT molecular complexity index is 754. The molecule has 6 nitrogen and oxygen atoms in total. The number of fused-ring (bicyclic) bond motifs is 4. The summed E-state index contributed by atoms with van der Waals surface area (Å²) < 4.78 is 6.86. The predicted octanol–water partition coefficient (Wildman–Crippen LogP) is 2.82. The largest absolute Gasteiger partial charge is 0.384 e. The number of nitrogens with zero attached hydrogens (tertiary/aromatic N) is 2. The van der Waals surface area contributed by atoms with E-state index >= 15 is 0 Å². The third-order valence-electron chi connectivity index (χ3n) is 6.73. The third-order valence-corrected chi connectivity index (χ3v) is 6.73. The molecule has 1 amide bonds. The molecule has 1 saturated carbocycles. The van der Waals surface area contributed by atoms with E-state index in [0.717, 1.165) is 31.2 Å². The van der Waals surface area contributed by atoms with Crippen LogP contribution in [0.1, 0.15) is 56.6 Å². The van der Waals surface area contributed by atoms with Crippen LogP contribution in [0.5, 0.6) is 0 Å². The van der Waals surface area contributed by atoms with Gasteiger partial charge in [0.2, 0.25) is 5.91 Å². The highest BCUT2D eigenvalue weighted by Crippen LogP contribution is 2.36. The van der Waals surface area contributed by atoms with Crippen LogP contribution in [0.25, 0.3) is 0 Å². The van der Waals surface area contributed by atoms with E-state index < -0.39 is 0 Å². The SMILES string of the molecule is COCCC(=O)Nc1ccc2n(c1=O)CC1CC2CN(CC2CCCCC2)C1. The van der Waals surface area contributed by atoms with Gasteiger partial charge in [0, 0.05) is 44.9 Å². The fourth-order valence-corrected chi connectivity index (χ4v) is 5.43. The monoisotopic (exact) mass is 387 g/mol. The van der Waals surface area contributed by atoms with Crippen molar-refractivity contribution in [1.82, 2.24) is 9.47 Å². The highest BCUT2D eigenvalue weighted by Gasteiger charge is 2.35. The lowest BCUT2D eigenvalue weighted by Gasteiger charge is -2.44. The van der Waals surface area contributed by atoms with Crippen LogP contribution < -0.4 is 10.9 Å². The van der Waals surface area contributed by atoms with Crippen molar-refractivity contribution < 1.29 is 9.53 Å². The highest BCUT2D eigenvalue weighted by molar-refractivity contribution is 5.90. The average Bonchev–Trinajstić information content (AvgIpc) is 2.69. The maximum absolute atomic E-state index is 13.0. The van der Waals surface area contributed by atoms with E-state index in [1.807, 2.05) is 4.57 Å². The molecule has 0 aromatic carbocycles. The Morgan fingerprint density at radius 3 is 2.79 bits per heavy atom. The van der Waals surface area contributed by atoms with Gasteiger partial charge in [-0.05, 0) is 43.2 Å². The minimum atomic E-state index is -0.172. The fourth-order valence-electron chi connectivity index (χ4n) is 5.43. The number of amides is 1. The molecule has 0 spiro atoms. The van der Waals surface area contributed by atoms with Crippen LogP contribution in [-0.2, 0) is 16.1 Å². The van der Waals surface area contributed by atoms with Crippen molar-refractivity contribution in [2.75, 3.05) is 38.7 Å². The molecule has 2 atom stereocenters.